The molecule has 7 nitrogen and oxygen atoms in total. The molecule has 2 N–H and O–H groups in total. The van der Waals surface area contributed by atoms with Crippen LogP contribution in [0.4, 0.5) is 5.69 Å². The molecule has 2 aromatic heterocycles. The summed E-state index contributed by atoms with van der Waals surface area (Å²) in [6.45, 7) is 3.83. The molecule has 0 unspecified atom stereocenters. The number of aromatic carboxylic acids is 1. The van der Waals surface area contributed by atoms with Crippen molar-refractivity contribution in [3.8, 4) is 11.4 Å². The number of nitrogens with one attached hydrogen (secondary N) is 1. The first-order chi connectivity index (χ1) is 14.9. The zero-order valence-corrected chi connectivity index (χ0v) is 17.5. The molecule has 4 rings (SSSR count). The molecule has 31 heavy (non-hydrogen) atoms. The van der Waals surface area contributed by atoms with E-state index in [1.54, 1.807) is 23.7 Å². The first-order valence-corrected chi connectivity index (χ1v) is 9.88. The maximum absolute atomic E-state index is 13.2. The van der Waals surface area contributed by atoms with Crippen molar-refractivity contribution in [2.45, 2.75) is 19.9 Å². The van der Waals surface area contributed by atoms with Crippen molar-refractivity contribution in [3.63, 3.8) is 0 Å². The normalized spacial score (nSPS) is 12.0. The minimum atomic E-state index is -1.11. The number of anilines is 1. The van der Waals surface area contributed by atoms with E-state index in [1.807, 2.05) is 56.3 Å². The number of pyridine rings is 1. The number of carboxylic acid groups (broad SMARTS) is 1. The summed E-state index contributed by atoms with van der Waals surface area (Å²) in [4.78, 5) is 33.5. The van der Waals surface area contributed by atoms with Gasteiger partial charge in [-0.25, -0.2) is 14.8 Å². The van der Waals surface area contributed by atoms with Gasteiger partial charge in [0.25, 0.3) is 5.56 Å². The second kappa shape index (κ2) is 8.02. The van der Waals surface area contributed by atoms with Gasteiger partial charge in [0.15, 0.2) is 5.69 Å². The third-order valence-corrected chi connectivity index (χ3v) is 5.23. The van der Waals surface area contributed by atoms with E-state index in [1.165, 1.54) is 6.20 Å². The van der Waals surface area contributed by atoms with E-state index in [9.17, 15) is 14.7 Å². The van der Waals surface area contributed by atoms with E-state index in [4.69, 9.17) is 4.98 Å². The topological polar surface area (TPSA) is 97.1 Å². The molecule has 0 aliphatic carbocycles. The molecule has 156 valence electrons. The SMILES string of the molecule is Cc1cc([C@@H](C)Nc2cccnc2C(=O)O)c2nc(-c3ccccc3)n(C)c(=O)c2c1. The Morgan fingerprint density at radius 3 is 2.58 bits per heavy atom. The summed E-state index contributed by atoms with van der Waals surface area (Å²) in [6, 6.07) is 16.4. The summed E-state index contributed by atoms with van der Waals surface area (Å²) < 4.78 is 1.56. The summed E-state index contributed by atoms with van der Waals surface area (Å²) >= 11 is 0. The van der Waals surface area contributed by atoms with Crippen LogP contribution in [0.25, 0.3) is 22.3 Å². The summed E-state index contributed by atoms with van der Waals surface area (Å²) in [5.74, 6) is -0.536. The number of aryl methyl sites for hydroxylation is 1. The lowest BCUT2D eigenvalue weighted by Crippen LogP contribution is -2.22. The number of hydrogen-bond acceptors (Lipinski definition) is 5. The lowest BCUT2D eigenvalue weighted by atomic mass is 10.0. The molecule has 2 heterocycles. The molecule has 4 aromatic rings. The first kappa shape index (κ1) is 20.3. The van der Waals surface area contributed by atoms with Gasteiger partial charge in [0.05, 0.1) is 22.6 Å². The van der Waals surface area contributed by atoms with Crippen molar-refractivity contribution in [3.05, 3.63) is 88.0 Å². The monoisotopic (exact) mass is 414 g/mol. The molecule has 0 saturated heterocycles. The van der Waals surface area contributed by atoms with Crippen LogP contribution < -0.4 is 10.9 Å². The Labute approximate surface area is 179 Å². The third kappa shape index (κ3) is 3.77. The van der Waals surface area contributed by atoms with Crippen LogP contribution in [-0.4, -0.2) is 25.6 Å². The number of nitrogens with zero attached hydrogens (tertiary/aromatic N) is 3. The van der Waals surface area contributed by atoms with Gasteiger partial charge >= 0.3 is 5.97 Å². The number of aromatic nitrogens is 3. The molecule has 0 spiro atoms. The Kier molecular flexibility index (Phi) is 5.25. The fourth-order valence-corrected chi connectivity index (χ4v) is 3.73. The Morgan fingerprint density at radius 1 is 1.13 bits per heavy atom. The van der Waals surface area contributed by atoms with Crippen LogP contribution in [-0.2, 0) is 7.05 Å². The largest absolute Gasteiger partial charge is 0.476 e. The van der Waals surface area contributed by atoms with E-state index in [0.717, 1.165) is 16.7 Å². The summed E-state index contributed by atoms with van der Waals surface area (Å²) in [5, 5.41) is 13.2. The number of hydrogen-bond donors (Lipinski definition) is 2. The zero-order valence-electron chi connectivity index (χ0n) is 17.5. The van der Waals surface area contributed by atoms with Crippen molar-refractivity contribution in [1.82, 2.24) is 14.5 Å². The van der Waals surface area contributed by atoms with E-state index < -0.39 is 5.97 Å². The predicted molar refractivity (Wildman–Crippen MR) is 120 cm³/mol. The molecule has 0 aliphatic rings. The van der Waals surface area contributed by atoms with Crippen molar-refractivity contribution >= 4 is 22.6 Å². The highest BCUT2D eigenvalue weighted by Gasteiger charge is 2.19. The van der Waals surface area contributed by atoms with E-state index in [2.05, 4.69) is 10.3 Å². The van der Waals surface area contributed by atoms with Crippen molar-refractivity contribution < 1.29 is 9.90 Å². The van der Waals surface area contributed by atoms with E-state index in [0.29, 0.717) is 22.4 Å². The Hall–Kier alpha value is -4.00. The molecular weight excluding hydrogens is 392 g/mol. The standard InChI is InChI=1S/C24H22N4O3/c1-14-12-17(15(2)26-19-10-7-11-25-21(19)24(30)31)20-18(13-14)23(29)28(3)22(27-20)16-8-5-4-6-9-16/h4-13,15,26H,1-3H3,(H,30,31)/t15-/m1/s1. The smallest absolute Gasteiger partial charge is 0.356 e. The molecule has 2 aromatic carbocycles. The number of fused-ring (bicyclic) bond motifs is 1. The second-order valence-corrected chi connectivity index (χ2v) is 7.49. The molecule has 0 fully saturated rings. The summed E-state index contributed by atoms with van der Waals surface area (Å²) in [7, 11) is 1.72. The average Bonchev–Trinajstić information content (AvgIpc) is 2.77. The molecule has 1 atom stereocenters. The highest BCUT2D eigenvalue weighted by Crippen LogP contribution is 2.28. The number of benzene rings is 2. The molecule has 0 bridgehead atoms. The lowest BCUT2D eigenvalue weighted by Gasteiger charge is -2.20. The van der Waals surface area contributed by atoms with Crippen LogP contribution in [0.2, 0.25) is 0 Å². The van der Waals surface area contributed by atoms with Crippen LogP contribution in [0.3, 0.4) is 0 Å². The van der Waals surface area contributed by atoms with Crippen molar-refractivity contribution in [2.75, 3.05) is 5.32 Å². The maximum Gasteiger partial charge on any atom is 0.356 e. The molecule has 7 heteroatoms. The molecular formula is C24H22N4O3. The van der Waals surface area contributed by atoms with E-state index in [-0.39, 0.29) is 17.3 Å². The van der Waals surface area contributed by atoms with E-state index >= 15 is 0 Å². The zero-order chi connectivity index (χ0) is 22.1. The quantitative estimate of drug-likeness (QED) is 0.509. The maximum atomic E-state index is 13.2. The highest BCUT2D eigenvalue weighted by molar-refractivity contribution is 5.92. The Balaban J connectivity index is 1.89. The minimum Gasteiger partial charge on any atom is -0.476 e. The molecule has 0 aliphatic heterocycles. The second-order valence-electron chi connectivity index (χ2n) is 7.49. The average molecular weight is 414 g/mol. The van der Waals surface area contributed by atoms with Gasteiger partial charge in [-0.2, -0.15) is 0 Å². The summed E-state index contributed by atoms with van der Waals surface area (Å²) in [5.41, 5.74) is 3.39. The minimum absolute atomic E-state index is 0.0554. The van der Waals surface area contributed by atoms with Gasteiger partial charge in [0.1, 0.15) is 5.82 Å². The van der Waals surface area contributed by atoms with Crippen LogP contribution in [0.15, 0.2) is 65.6 Å². The van der Waals surface area contributed by atoms with Gasteiger partial charge in [0, 0.05) is 24.4 Å². The first-order valence-electron chi connectivity index (χ1n) is 9.88. The van der Waals surface area contributed by atoms with Gasteiger partial charge in [0.2, 0.25) is 0 Å². The molecule has 0 radical (unpaired) electrons. The molecule has 0 saturated carbocycles. The van der Waals surface area contributed by atoms with Gasteiger partial charge in [-0.05, 0) is 37.6 Å². The van der Waals surface area contributed by atoms with Crippen LogP contribution in [0, 0.1) is 6.92 Å². The van der Waals surface area contributed by atoms with Crippen LogP contribution in [0.1, 0.15) is 34.6 Å². The van der Waals surface area contributed by atoms with Crippen molar-refractivity contribution in [2.24, 2.45) is 7.05 Å². The number of carboxylic acids is 1. The van der Waals surface area contributed by atoms with Gasteiger partial charge in [-0.3, -0.25) is 9.36 Å². The van der Waals surface area contributed by atoms with Gasteiger partial charge in [-0.15, -0.1) is 0 Å². The lowest BCUT2D eigenvalue weighted by molar-refractivity contribution is 0.0691. The summed E-state index contributed by atoms with van der Waals surface area (Å²) in [6.07, 6.45) is 1.44. The van der Waals surface area contributed by atoms with Gasteiger partial charge < -0.3 is 10.4 Å². The third-order valence-electron chi connectivity index (χ3n) is 5.23. The number of carbonyl (C=O) groups is 1. The number of rotatable bonds is 5. The van der Waals surface area contributed by atoms with Gasteiger partial charge in [-0.1, -0.05) is 36.4 Å². The van der Waals surface area contributed by atoms with Crippen molar-refractivity contribution in [1.29, 1.82) is 0 Å². The highest BCUT2D eigenvalue weighted by atomic mass is 16.4. The Morgan fingerprint density at radius 2 is 1.87 bits per heavy atom. The fraction of sp³-hybridized carbons (Fsp3) is 0.167. The Bertz CT molecular complexity index is 1350. The predicted octanol–water partition coefficient (Wildman–Crippen LogP) is 4.18. The molecule has 0 amide bonds. The van der Waals surface area contributed by atoms with Crippen LogP contribution >= 0.6 is 0 Å². The fourth-order valence-electron chi connectivity index (χ4n) is 3.73. The van der Waals surface area contributed by atoms with Crippen LogP contribution in [0.5, 0.6) is 0 Å².